The quantitative estimate of drug-likeness (QED) is 0.650. The zero-order chi connectivity index (χ0) is 9.52. The standard InChI is InChI=1S/C8H12O3S/c1-4(9)5-6(10)8(2,3)12-7(5)11/h4,9-10H,1-3H3. The summed E-state index contributed by atoms with van der Waals surface area (Å²) in [5.74, 6) is 0.00694. The summed E-state index contributed by atoms with van der Waals surface area (Å²) in [5, 5.41) is 18.5. The van der Waals surface area contributed by atoms with Gasteiger partial charge in [-0.05, 0) is 20.8 Å². The number of aliphatic hydroxyl groups excluding tert-OH is 2. The number of thioether (sulfide) groups is 1. The average molecular weight is 188 g/mol. The molecule has 0 aromatic carbocycles. The van der Waals surface area contributed by atoms with Crippen molar-refractivity contribution in [3.05, 3.63) is 11.3 Å². The maximum Gasteiger partial charge on any atom is 0.222 e. The Labute approximate surface area is 75.5 Å². The molecule has 0 radical (unpaired) electrons. The third-order valence-corrected chi connectivity index (χ3v) is 2.92. The summed E-state index contributed by atoms with van der Waals surface area (Å²) in [7, 11) is 0. The first-order valence-electron chi connectivity index (χ1n) is 3.71. The lowest BCUT2D eigenvalue weighted by Crippen LogP contribution is -2.16. The van der Waals surface area contributed by atoms with Crippen molar-refractivity contribution in [2.24, 2.45) is 0 Å². The molecular weight excluding hydrogens is 176 g/mol. The first-order valence-corrected chi connectivity index (χ1v) is 4.53. The summed E-state index contributed by atoms with van der Waals surface area (Å²) < 4.78 is -0.580. The van der Waals surface area contributed by atoms with Crippen LogP contribution in [0.3, 0.4) is 0 Å². The molecule has 2 N–H and O–H groups in total. The zero-order valence-corrected chi connectivity index (χ0v) is 8.10. The van der Waals surface area contributed by atoms with Crippen LogP contribution in [-0.2, 0) is 4.79 Å². The van der Waals surface area contributed by atoms with Gasteiger partial charge in [-0.25, -0.2) is 0 Å². The Morgan fingerprint density at radius 2 is 2.00 bits per heavy atom. The van der Waals surface area contributed by atoms with Crippen LogP contribution in [-0.4, -0.2) is 26.2 Å². The van der Waals surface area contributed by atoms with E-state index in [1.165, 1.54) is 6.92 Å². The Morgan fingerprint density at radius 1 is 1.50 bits per heavy atom. The second-order valence-corrected chi connectivity index (χ2v) is 4.93. The minimum Gasteiger partial charge on any atom is -0.510 e. The van der Waals surface area contributed by atoms with Crippen LogP contribution in [0.5, 0.6) is 0 Å². The van der Waals surface area contributed by atoms with E-state index in [-0.39, 0.29) is 16.4 Å². The summed E-state index contributed by atoms with van der Waals surface area (Å²) in [6.07, 6.45) is -0.883. The third kappa shape index (κ3) is 1.36. The van der Waals surface area contributed by atoms with Crippen LogP contribution in [0.2, 0.25) is 0 Å². The van der Waals surface area contributed by atoms with E-state index >= 15 is 0 Å². The van der Waals surface area contributed by atoms with Crippen molar-refractivity contribution < 1.29 is 15.0 Å². The van der Waals surface area contributed by atoms with E-state index < -0.39 is 10.9 Å². The normalized spacial score (nSPS) is 24.8. The van der Waals surface area contributed by atoms with E-state index in [2.05, 4.69) is 0 Å². The molecule has 0 spiro atoms. The summed E-state index contributed by atoms with van der Waals surface area (Å²) in [4.78, 5) is 11.2. The van der Waals surface area contributed by atoms with Gasteiger partial charge in [-0.3, -0.25) is 4.79 Å². The molecular formula is C8H12O3S. The van der Waals surface area contributed by atoms with E-state index in [4.69, 9.17) is 0 Å². The van der Waals surface area contributed by atoms with Crippen molar-refractivity contribution in [3.8, 4) is 0 Å². The smallest absolute Gasteiger partial charge is 0.222 e. The topological polar surface area (TPSA) is 57.5 Å². The number of hydrogen-bond donors (Lipinski definition) is 2. The molecule has 0 amide bonds. The number of carbonyl (C=O) groups excluding carboxylic acids is 1. The van der Waals surface area contributed by atoms with Gasteiger partial charge < -0.3 is 10.2 Å². The van der Waals surface area contributed by atoms with Crippen LogP contribution in [0, 0.1) is 0 Å². The predicted octanol–water partition coefficient (Wildman–Crippen LogP) is 1.23. The number of rotatable bonds is 1. The number of aliphatic hydroxyl groups is 2. The van der Waals surface area contributed by atoms with Gasteiger partial charge in [0.1, 0.15) is 5.76 Å². The summed E-state index contributed by atoms with van der Waals surface area (Å²) >= 11 is 1.04. The van der Waals surface area contributed by atoms with Crippen molar-refractivity contribution >= 4 is 16.9 Å². The molecule has 1 unspecified atom stereocenters. The fraction of sp³-hybridized carbons (Fsp3) is 0.625. The SMILES string of the molecule is CC(O)C1=C(O)C(C)(C)SC1=O. The highest BCUT2D eigenvalue weighted by Gasteiger charge is 2.41. The fourth-order valence-electron chi connectivity index (χ4n) is 1.12. The van der Waals surface area contributed by atoms with Crippen LogP contribution in [0.4, 0.5) is 0 Å². The van der Waals surface area contributed by atoms with Crippen LogP contribution in [0.15, 0.2) is 11.3 Å². The molecule has 0 saturated heterocycles. The highest BCUT2D eigenvalue weighted by Crippen LogP contribution is 2.42. The maximum atomic E-state index is 11.2. The lowest BCUT2D eigenvalue weighted by Gasteiger charge is -2.14. The predicted molar refractivity (Wildman–Crippen MR) is 48.0 cm³/mol. The van der Waals surface area contributed by atoms with Crippen molar-refractivity contribution in [3.63, 3.8) is 0 Å². The minimum atomic E-state index is -0.883. The third-order valence-electron chi connectivity index (χ3n) is 1.81. The average Bonchev–Trinajstić information content (AvgIpc) is 2.02. The molecule has 0 bridgehead atoms. The molecule has 4 heteroatoms. The molecule has 0 aliphatic carbocycles. The van der Waals surface area contributed by atoms with Gasteiger partial charge >= 0.3 is 0 Å². The van der Waals surface area contributed by atoms with Gasteiger partial charge in [-0.15, -0.1) is 0 Å². The minimum absolute atomic E-state index is 0.00694. The summed E-state index contributed by atoms with van der Waals surface area (Å²) in [5.41, 5.74) is 0.144. The molecule has 1 rings (SSSR count). The van der Waals surface area contributed by atoms with E-state index in [9.17, 15) is 15.0 Å². The van der Waals surface area contributed by atoms with Gasteiger partial charge in [0, 0.05) is 0 Å². The Bertz CT molecular complexity index is 253. The van der Waals surface area contributed by atoms with Crippen LogP contribution >= 0.6 is 11.8 Å². The molecule has 0 aromatic rings. The van der Waals surface area contributed by atoms with Crippen molar-refractivity contribution in [2.75, 3.05) is 0 Å². The second kappa shape index (κ2) is 2.78. The first kappa shape index (κ1) is 9.61. The molecule has 3 nitrogen and oxygen atoms in total. The molecule has 0 aromatic heterocycles. The molecule has 1 aliphatic rings. The van der Waals surface area contributed by atoms with Crippen molar-refractivity contribution in [1.29, 1.82) is 0 Å². The zero-order valence-electron chi connectivity index (χ0n) is 7.29. The number of hydrogen-bond acceptors (Lipinski definition) is 4. The van der Waals surface area contributed by atoms with Crippen molar-refractivity contribution in [2.45, 2.75) is 31.6 Å². The lowest BCUT2D eigenvalue weighted by atomic mass is 10.0. The van der Waals surface area contributed by atoms with Crippen LogP contribution < -0.4 is 0 Å². The Kier molecular flexibility index (Phi) is 2.23. The Balaban J connectivity index is 3.11. The first-order chi connectivity index (χ1) is 5.36. The van der Waals surface area contributed by atoms with Gasteiger partial charge in [-0.2, -0.15) is 0 Å². The monoisotopic (exact) mass is 188 g/mol. The van der Waals surface area contributed by atoms with Gasteiger partial charge in [0.05, 0.1) is 16.4 Å². The maximum absolute atomic E-state index is 11.2. The van der Waals surface area contributed by atoms with Crippen molar-refractivity contribution in [1.82, 2.24) is 0 Å². The Morgan fingerprint density at radius 3 is 2.17 bits per heavy atom. The molecule has 1 aliphatic heterocycles. The van der Waals surface area contributed by atoms with Gasteiger partial charge in [0.15, 0.2) is 0 Å². The van der Waals surface area contributed by atoms with Crippen LogP contribution in [0.25, 0.3) is 0 Å². The van der Waals surface area contributed by atoms with E-state index in [0.29, 0.717) is 0 Å². The number of carbonyl (C=O) groups is 1. The highest BCUT2D eigenvalue weighted by atomic mass is 32.2. The molecule has 1 atom stereocenters. The fourth-order valence-corrected chi connectivity index (χ4v) is 2.17. The molecule has 12 heavy (non-hydrogen) atoms. The molecule has 1 heterocycles. The van der Waals surface area contributed by atoms with E-state index in [1.54, 1.807) is 13.8 Å². The summed E-state index contributed by atoms with van der Waals surface area (Å²) in [6, 6.07) is 0. The molecule has 0 fully saturated rings. The van der Waals surface area contributed by atoms with Gasteiger partial charge in [-0.1, -0.05) is 11.8 Å². The Hall–Kier alpha value is -0.480. The van der Waals surface area contributed by atoms with Gasteiger partial charge in [0.25, 0.3) is 0 Å². The second-order valence-electron chi connectivity index (χ2n) is 3.34. The van der Waals surface area contributed by atoms with E-state index in [1.807, 2.05) is 0 Å². The molecule has 0 saturated carbocycles. The van der Waals surface area contributed by atoms with E-state index in [0.717, 1.165) is 11.8 Å². The summed E-state index contributed by atoms with van der Waals surface area (Å²) in [6.45, 7) is 4.98. The molecule has 68 valence electrons. The van der Waals surface area contributed by atoms with Gasteiger partial charge in [0.2, 0.25) is 5.12 Å². The van der Waals surface area contributed by atoms with Crippen LogP contribution in [0.1, 0.15) is 20.8 Å². The highest BCUT2D eigenvalue weighted by molar-refractivity contribution is 8.15. The lowest BCUT2D eigenvalue weighted by molar-refractivity contribution is -0.108. The largest absolute Gasteiger partial charge is 0.510 e.